The summed E-state index contributed by atoms with van der Waals surface area (Å²) in [7, 11) is 0. The quantitative estimate of drug-likeness (QED) is 0.137. The number of ether oxygens (including phenoxy) is 4. The van der Waals surface area contributed by atoms with Crippen molar-refractivity contribution in [3.05, 3.63) is 28.8 Å². The maximum Gasteiger partial charge on any atom is 0.253 e. The first-order chi connectivity index (χ1) is 18.1. The third-order valence-electron chi connectivity index (χ3n) is 6.16. The van der Waals surface area contributed by atoms with E-state index in [0.29, 0.717) is 18.6 Å². The fourth-order valence-corrected chi connectivity index (χ4v) is 4.25. The van der Waals surface area contributed by atoms with Gasteiger partial charge in [0.2, 0.25) is 0 Å². The predicted molar refractivity (Wildman–Crippen MR) is 126 cm³/mol. The largest absolute Gasteiger partial charge is 0.492 e. The van der Waals surface area contributed by atoms with E-state index in [4.69, 9.17) is 35.8 Å². The molecule has 8 N–H and O–H groups in total. The number of nitrogens with one attached hydrogen (secondary N) is 1. The summed E-state index contributed by atoms with van der Waals surface area (Å²) in [6.45, 7) is -1.21. The predicted octanol–water partition coefficient (Wildman–Crippen LogP) is -2.62. The number of carbonyl (C=O) groups is 1. The monoisotopic (exact) mass is 562 g/mol. The molecule has 2 aliphatic rings. The first-order valence-electron chi connectivity index (χ1n) is 11.8. The van der Waals surface area contributed by atoms with Crippen LogP contribution in [-0.2, 0) is 14.2 Å². The third kappa shape index (κ3) is 6.89. The number of nitriles is 1. The highest BCUT2D eigenvalue weighted by Crippen LogP contribution is 2.29. The number of hydrogen-bond donors (Lipinski definition) is 8. The van der Waals surface area contributed by atoms with E-state index in [-0.39, 0.29) is 17.2 Å². The molecule has 2 aliphatic heterocycles. The summed E-state index contributed by atoms with van der Waals surface area (Å²) >= 11 is 6.17. The van der Waals surface area contributed by atoms with Crippen molar-refractivity contribution >= 4 is 17.5 Å². The summed E-state index contributed by atoms with van der Waals surface area (Å²) in [5.74, 6) is -0.428. The number of carbonyl (C=O) groups excluding carboxylic acids is 1. The minimum Gasteiger partial charge on any atom is -0.492 e. The van der Waals surface area contributed by atoms with Gasteiger partial charge >= 0.3 is 0 Å². The van der Waals surface area contributed by atoms with Gasteiger partial charge in [0.1, 0.15) is 54.6 Å². The minimum absolute atomic E-state index is 0.0740. The molecule has 1 amide bonds. The number of unbranched alkanes of at least 4 members (excludes halogenated alkanes) is 1. The smallest absolute Gasteiger partial charge is 0.253 e. The van der Waals surface area contributed by atoms with Crippen molar-refractivity contribution in [3.8, 4) is 11.8 Å². The molecule has 0 unspecified atom stereocenters. The van der Waals surface area contributed by atoms with Gasteiger partial charge in [-0.3, -0.25) is 4.79 Å². The molecule has 15 heteroatoms. The van der Waals surface area contributed by atoms with Crippen LogP contribution in [-0.4, -0.2) is 123 Å². The molecule has 0 bridgehead atoms. The Morgan fingerprint density at radius 2 is 1.71 bits per heavy atom. The van der Waals surface area contributed by atoms with Crippen LogP contribution in [0, 0.1) is 11.3 Å². The van der Waals surface area contributed by atoms with E-state index in [0.717, 1.165) is 0 Å². The lowest BCUT2D eigenvalue weighted by Gasteiger charge is -2.46. The van der Waals surface area contributed by atoms with Gasteiger partial charge in [0.05, 0.1) is 30.9 Å². The van der Waals surface area contributed by atoms with E-state index in [1.807, 2.05) is 6.07 Å². The Labute approximate surface area is 222 Å². The van der Waals surface area contributed by atoms with Crippen LogP contribution in [0.1, 0.15) is 23.2 Å². The van der Waals surface area contributed by atoms with Crippen molar-refractivity contribution < 1.29 is 59.5 Å². The van der Waals surface area contributed by atoms with E-state index < -0.39 is 80.5 Å². The summed E-state index contributed by atoms with van der Waals surface area (Å²) in [6, 6.07) is 6.17. The summed E-state index contributed by atoms with van der Waals surface area (Å²) in [5.41, 5.74) is 0.0740. The van der Waals surface area contributed by atoms with Gasteiger partial charge in [-0.25, -0.2) is 0 Å². The summed E-state index contributed by atoms with van der Waals surface area (Å²) in [4.78, 5) is 12.8. The fourth-order valence-electron chi connectivity index (χ4n) is 4.01. The number of aliphatic hydroxyl groups is 7. The highest BCUT2D eigenvalue weighted by Gasteiger charge is 2.50. The zero-order valence-electron chi connectivity index (χ0n) is 20.0. The van der Waals surface area contributed by atoms with Gasteiger partial charge in [0, 0.05) is 12.0 Å². The molecule has 1 aromatic carbocycles. The normalized spacial score (nSPS) is 35.3. The molecule has 0 aromatic heterocycles. The Kier molecular flexibility index (Phi) is 11.0. The molecule has 0 radical (unpaired) electrons. The Bertz CT molecular complexity index is 976. The van der Waals surface area contributed by atoms with Crippen molar-refractivity contribution in [1.29, 1.82) is 5.26 Å². The van der Waals surface area contributed by atoms with Crippen molar-refractivity contribution in [1.82, 2.24) is 5.32 Å². The molecule has 1 aromatic rings. The van der Waals surface area contributed by atoms with E-state index in [1.165, 1.54) is 18.2 Å². The zero-order valence-corrected chi connectivity index (χ0v) is 20.8. The number of amides is 1. The molecule has 2 heterocycles. The van der Waals surface area contributed by atoms with Crippen molar-refractivity contribution in [3.63, 3.8) is 0 Å². The highest BCUT2D eigenvalue weighted by molar-refractivity contribution is 6.32. The maximum absolute atomic E-state index is 12.8. The molecule has 14 nitrogen and oxygen atoms in total. The first-order valence-corrected chi connectivity index (χ1v) is 12.2. The SMILES string of the molecule is N#CCCCOc1ccc(C(=O)N[C@@H]2O[C@H](CO)[C@@H](O[C@@H]3O[C@H](CO)[C@@H](O)[C@H](O)[C@H]3O)[C@H](O)[C@H]2O)cc1Cl. The van der Waals surface area contributed by atoms with Crippen LogP contribution < -0.4 is 10.1 Å². The number of nitrogens with zero attached hydrogens (tertiary/aromatic N) is 1. The lowest BCUT2D eigenvalue weighted by molar-refractivity contribution is -0.342. The minimum atomic E-state index is -1.79. The van der Waals surface area contributed by atoms with Gasteiger partial charge in [-0.05, 0) is 24.6 Å². The van der Waals surface area contributed by atoms with Crippen LogP contribution in [0.4, 0.5) is 0 Å². The second-order valence-electron chi connectivity index (χ2n) is 8.79. The molecular formula is C23H31ClN2O12. The molecule has 10 atom stereocenters. The summed E-state index contributed by atoms with van der Waals surface area (Å²) in [6.07, 6.45) is -15.2. The maximum atomic E-state index is 12.8. The third-order valence-corrected chi connectivity index (χ3v) is 6.46. The number of aliphatic hydroxyl groups excluding tert-OH is 7. The topological polar surface area (TPSA) is 231 Å². The van der Waals surface area contributed by atoms with Crippen molar-refractivity contribution in [2.24, 2.45) is 0 Å². The average Bonchev–Trinajstić information content (AvgIpc) is 2.91. The number of hydrogen-bond acceptors (Lipinski definition) is 13. The molecular weight excluding hydrogens is 532 g/mol. The lowest BCUT2D eigenvalue weighted by Crippen LogP contribution is -2.66. The molecule has 2 saturated heterocycles. The molecule has 3 rings (SSSR count). The van der Waals surface area contributed by atoms with Gasteiger partial charge in [-0.15, -0.1) is 0 Å². The Balaban J connectivity index is 1.65. The summed E-state index contributed by atoms with van der Waals surface area (Å²) < 4.78 is 21.7. The number of rotatable bonds is 10. The highest BCUT2D eigenvalue weighted by atomic mass is 35.5. The molecule has 38 heavy (non-hydrogen) atoms. The zero-order chi connectivity index (χ0) is 28.0. The Morgan fingerprint density at radius 1 is 1.00 bits per heavy atom. The van der Waals surface area contributed by atoms with Crippen LogP contribution in [0.25, 0.3) is 0 Å². The van der Waals surface area contributed by atoms with Gasteiger partial charge in [-0.2, -0.15) is 5.26 Å². The standard InChI is InChI=1S/C23H31ClN2O12/c24-11-7-10(3-4-12(11)35-6-2-1-5-25)21(34)26-22-18(32)17(31)20(14(9-28)36-22)38-23-19(33)16(30)15(29)13(8-27)37-23/h3-4,7,13-20,22-23,27-33H,1-2,6,8-9H2,(H,26,34)/t13-,14-,15-,16+,17-,18-,19-,20-,22-,23+/m1/s1. The van der Waals surface area contributed by atoms with Crippen LogP contribution in [0.2, 0.25) is 5.02 Å². The first kappa shape index (κ1) is 30.4. The van der Waals surface area contributed by atoms with Crippen molar-refractivity contribution in [2.75, 3.05) is 19.8 Å². The van der Waals surface area contributed by atoms with E-state index >= 15 is 0 Å². The second kappa shape index (κ2) is 13.8. The van der Waals surface area contributed by atoms with Gasteiger partial charge in [0.25, 0.3) is 5.91 Å². The Hall–Kier alpha value is -2.13. The van der Waals surface area contributed by atoms with E-state index in [9.17, 15) is 40.5 Å². The molecule has 0 aliphatic carbocycles. The van der Waals surface area contributed by atoms with E-state index in [2.05, 4.69) is 5.32 Å². The second-order valence-corrected chi connectivity index (χ2v) is 9.19. The summed E-state index contributed by atoms with van der Waals surface area (Å²) in [5, 5.41) is 81.5. The van der Waals surface area contributed by atoms with Crippen LogP contribution in [0.5, 0.6) is 5.75 Å². The van der Waals surface area contributed by atoms with Gasteiger partial charge in [-0.1, -0.05) is 11.6 Å². The van der Waals surface area contributed by atoms with Crippen LogP contribution in [0.3, 0.4) is 0 Å². The molecule has 0 saturated carbocycles. The Morgan fingerprint density at radius 3 is 2.34 bits per heavy atom. The number of halogens is 1. The lowest BCUT2D eigenvalue weighted by atomic mass is 9.96. The van der Waals surface area contributed by atoms with Crippen LogP contribution >= 0.6 is 11.6 Å². The van der Waals surface area contributed by atoms with Crippen molar-refractivity contribution in [2.45, 2.75) is 74.2 Å². The van der Waals surface area contributed by atoms with E-state index in [1.54, 1.807) is 0 Å². The number of benzene rings is 1. The van der Waals surface area contributed by atoms with Gasteiger partial charge in [0.15, 0.2) is 12.5 Å². The molecule has 212 valence electrons. The van der Waals surface area contributed by atoms with Gasteiger partial charge < -0.3 is 60.0 Å². The molecule has 2 fully saturated rings. The fraction of sp³-hybridized carbons (Fsp3) is 0.652. The molecule has 0 spiro atoms. The van der Waals surface area contributed by atoms with Crippen LogP contribution in [0.15, 0.2) is 18.2 Å². The average molecular weight is 563 g/mol.